The molecular formula is C19H17N3O2S2. The molecule has 132 valence electrons. The molecule has 0 unspecified atom stereocenters. The molecular weight excluding hydrogens is 366 g/mol. The molecule has 1 aromatic carbocycles. The number of benzene rings is 1. The summed E-state index contributed by atoms with van der Waals surface area (Å²) in [7, 11) is 0. The van der Waals surface area contributed by atoms with Gasteiger partial charge in [-0.05, 0) is 43.4 Å². The van der Waals surface area contributed by atoms with Gasteiger partial charge in [0, 0.05) is 4.88 Å². The van der Waals surface area contributed by atoms with Crippen molar-refractivity contribution in [2.24, 2.45) is 0 Å². The normalized spacial score (nSPS) is 13.8. The van der Waals surface area contributed by atoms with Crippen molar-refractivity contribution in [1.82, 2.24) is 4.98 Å². The van der Waals surface area contributed by atoms with Crippen molar-refractivity contribution >= 4 is 45.1 Å². The number of carbonyl (C=O) groups is 1. The lowest BCUT2D eigenvalue weighted by Gasteiger charge is -2.02. The first-order chi connectivity index (χ1) is 12.7. The monoisotopic (exact) mass is 383 g/mol. The van der Waals surface area contributed by atoms with E-state index in [1.54, 1.807) is 11.3 Å². The summed E-state index contributed by atoms with van der Waals surface area (Å²) in [6.07, 6.45) is 5.40. The van der Waals surface area contributed by atoms with Crippen LogP contribution < -0.4 is 5.32 Å². The van der Waals surface area contributed by atoms with E-state index in [1.165, 1.54) is 23.1 Å². The van der Waals surface area contributed by atoms with Crippen LogP contribution in [0.15, 0.2) is 33.9 Å². The zero-order valence-electron chi connectivity index (χ0n) is 14.1. The van der Waals surface area contributed by atoms with E-state index in [0.29, 0.717) is 21.4 Å². The molecule has 0 radical (unpaired) electrons. The lowest BCUT2D eigenvalue weighted by Crippen LogP contribution is -2.14. The third-order valence-electron chi connectivity index (χ3n) is 4.39. The summed E-state index contributed by atoms with van der Waals surface area (Å²) in [6, 6.07) is 9.80. The Morgan fingerprint density at radius 2 is 2.15 bits per heavy atom. The van der Waals surface area contributed by atoms with Gasteiger partial charge < -0.3 is 9.73 Å². The van der Waals surface area contributed by atoms with Gasteiger partial charge in [-0.1, -0.05) is 30.3 Å². The van der Waals surface area contributed by atoms with Crippen LogP contribution in [0.25, 0.3) is 11.1 Å². The number of thiophene rings is 1. The van der Waals surface area contributed by atoms with Gasteiger partial charge in [0.25, 0.3) is 5.22 Å². The zero-order valence-corrected chi connectivity index (χ0v) is 15.7. The Labute approximate surface area is 159 Å². The van der Waals surface area contributed by atoms with Gasteiger partial charge in [-0.15, -0.1) is 11.3 Å². The molecule has 4 rings (SSSR count). The average molecular weight is 383 g/mol. The summed E-state index contributed by atoms with van der Waals surface area (Å²) >= 11 is 2.81. The smallest absolute Gasteiger partial charge is 0.257 e. The maximum absolute atomic E-state index is 12.3. The third-order valence-corrected chi connectivity index (χ3v) is 6.42. The summed E-state index contributed by atoms with van der Waals surface area (Å²) in [5, 5.41) is 13.6. The number of nitriles is 1. The molecule has 26 heavy (non-hydrogen) atoms. The Morgan fingerprint density at radius 3 is 3.00 bits per heavy atom. The number of nitrogens with one attached hydrogen (secondary N) is 1. The van der Waals surface area contributed by atoms with Crippen molar-refractivity contribution in [3.8, 4) is 6.07 Å². The van der Waals surface area contributed by atoms with Gasteiger partial charge >= 0.3 is 0 Å². The Morgan fingerprint density at radius 1 is 1.31 bits per heavy atom. The number of carbonyl (C=O) groups excluding carboxylic acids is 1. The highest BCUT2D eigenvalue weighted by Crippen LogP contribution is 2.37. The molecule has 7 heteroatoms. The van der Waals surface area contributed by atoms with Crippen molar-refractivity contribution in [3.63, 3.8) is 0 Å². The topological polar surface area (TPSA) is 78.9 Å². The van der Waals surface area contributed by atoms with Gasteiger partial charge in [-0.3, -0.25) is 4.79 Å². The maximum atomic E-state index is 12.3. The molecule has 5 nitrogen and oxygen atoms in total. The predicted molar refractivity (Wildman–Crippen MR) is 104 cm³/mol. The first-order valence-electron chi connectivity index (χ1n) is 8.57. The van der Waals surface area contributed by atoms with Crippen LogP contribution in [0.2, 0.25) is 0 Å². The zero-order chi connectivity index (χ0) is 17.9. The Hall–Kier alpha value is -2.30. The molecule has 0 spiro atoms. The van der Waals surface area contributed by atoms with E-state index >= 15 is 0 Å². The maximum Gasteiger partial charge on any atom is 0.257 e. The molecule has 0 saturated carbocycles. The van der Waals surface area contributed by atoms with Gasteiger partial charge in [-0.2, -0.15) is 5.26 Å². The Kier molecular flexibility index (Phi) is 4.96. The molecule has 0 fully saturated rings. The summed E-state index contributed by atoms with van der Waals surface area (Å²) < 4.78 is 5.62. The van der Waals surface area contributed by atoms with Crippen LogP contribution >= 0.6 is 23.1 Å². The van der Waals surface area contributed by atoms with Crippen molar-refractivity contribution in [2.45, 2.75) is 37.3 Å². The lowest BCUT2D eigenvalue weighted by molar-refractivity contribution is -0.113. The highest BCUT2D eigenvalue weighted by molar-refractivity contribution is 7.99. The van der Waals surface area contributed by atoms with Crippen molar-refractivity contribution in [2.75, 3.05) is 11.1 Å². The number of fused-ring (bicyclic) bond motifs is 2. The third kappa shape index (κ3) is 3.48. The molecule has 1 aliphatic carbocycles. The quantitative estimate of drug-likeness (QED) is 0.519. The molecule has 0 aliphatic heterocycles. The minimum atomic E-state index is -0.148. The summed E-state index contributed by atoms with van der Waals surface area (Å²) in [5.41, 5.74) is 3.28. The van der Waals surface area contributed by atoms with E-state index in [4.69, 9.17) is 4.42 Å². The number of anilines is 1. The minimum absolute atomic E-state index is 0.148. The number of amides is 1. The van der Waals surface area contributed by atoms with E-state index in [1.807, 2.05) is 24.3 Å². The van der Waals surface area contributed by atoms with Crippen LogP contribution in [0.1, 0.15) is 35.3 Å². The van der Waals surface area contributed by atoms with Crippen LogP contribution in [-0.4, -0.2) is 16.6 Å². The fourth-order valence-corrected chi connectivity index (χ4v) is 5.05. The van der Waals surface area contributed by atoms with Crippen molar-refractivity contribution < 1.29 is 9.21 Å². The number of oxazole rings is 1. The number of thioether (sulfide) groups is 1. The van der Waals surface area contributed by atoms with Crippen LogP contribution in [-0.2, 0) is 17.6 Å². The molecule has 0 saturated heterocycles. The second kappa shape index (κ2) is 7.52. The van der Waals surface area contributed by atoms with E-state index < -0.39 is 0 Å². The first-order valence-corrected chi connectivity index (χ1v) is 10.4. The number of nitrogens with zero attached hydrogens (tertiary/aromatic N) is 2. The summed E-state index contributed by atoms with van der Waals surface area (Å²) in [6.45, 7) is 0. The highest BCUT2D eigenvalue weighted by atomic mass is 32.2. The average Bonchev–Trinajstić information content (AvgIpc) is 3.12. The number of aromatic nitrogens is 1. The predicted octanol–water partition coefficient (Wildman–Crippen LogP) is 4.76. The number of aryl methyl sites for hydroxylation is 1. The minimum Gasteiger partial charge on any atom is -0.431 e. The van der Waals surface area contributed by atoms with Gasteiger partial charge in [0.2, 0.25) is 5.91 Å². The molecule has 2 heterocycles. The number of hydrogen-bond donors (Lipinski definition) is 1. The van der Waals surface area contributed by atoms with E-state index in [2.05, 4.69) is 16.4 Å². The van der Waals surface area contributed by atoms with E-state index in [0.717, 1.165) is 36.8 Å². The molecule has 3 aromatic rings. The SMILES string of the molecule is N#Cc1c(NC(=O)CSc2nc3ccccc3o2)sc2c1CCCCC2. The standard InChI is InChI=1S/C19H17N3O2S2/c20-10-13-12-6-2-1-3-9-16(12)26-18(13)22-17(23)11-25-19-21-14-7-4-5-8-15(14)24-19/h4-5,7-8H,1-3,6,9,11H2,(H,22,23). The molecule has 0 atom stereocenters. The molecule has 1 N–H and O–H groups in total. The van der Waals surface area contributed by atoms with Crippen LogP contribution in [0.3, 0.4) is 0 Å². The molecule has 1 aliphatic rings. The second-order valence-electron chi connectivity index (χ2n) is 6.16. The second-order valence-corrected chi connectivity index (χ2v) is 8.20. The lowest BCUT2D eigenvalue weighted by atomic mass is 10.1. The Bertz CT molecular complexity index is 967. The van der Waals surface area contributed by atoms with Gasteiger partial charge in [0.05, 0.1) is 11.3 Å². The Balaban J connectivity index is 1.44. The van der Waals surface area contributed by atoms with Crippen molar-refractivity contribution in [3.05, 3.63) is 40.3 Å². The van der Waals surface area contributed by atoms with Gasteiger partial charge in [0.1, 0.15) is 16.6 Å². The van der Waals surface area contributed by atoms with Gasteiger partial charge in [0.15, 0.2) is 5.58 Å². The summed E-state index contributed by atoms with van der Waals surface area (Å²) in [5.74, 6) is 0.0467. The molecule has 2 aromatic heterocycles. The number of rotatable bonds is 4. The van der Waals surface area contributed by atoms with E-state index in [-0.39, 0.29) is 11.7 Å². The van der Waals surface area contributed by atoms with Crippen molar-refractivity contribution in [1.29, 1.82) is 5.26 Å². The highest BCUT2D eigenvalue weighted by Gasteiger charge is 2.21. The number of hydrogen-bond acceptors (Lipinski definition) is 6. The first kappa shape index (κ1) is 17.1. The number of para-hydroxylation sites is 2. The van der Waals surface area contributed by atoms with Crippen LogP contribution in [0, 0.1) is 11.3 Å². The fourth-order valence-electron chi connectivity index (χ4n) is 3.15. The molecule has 1 amide bonds. The largest absolute Gasteiger partial charge is 0.431 e. The van der Waals surface area contributed by atoms with Crippen LogP contribution in [0.5, 0.6) is 0 Å². The molecule has 0 bridgehead atoms. The van der Waals surface area contributed by atoms with Gasteiger partial charge in [-0.25, -0.2) is 4.98 Å². The summed E-state index contributed by atoms with van der Waals surface area (Å²) in [4.78, 5) is 18.0. The van der Waals surface area contributed by atoms with E-state index in [9.17, 15) is 10.1 Å². The van der Waals surface area contributed by atoms with Crippen LogP contribution in [0.4, 0.5) is 5.00 Å². The fraction of sp³-hybridized carbons (Fsp3) is 0.316.